The number of pyridine rings is 1. The maximum absolute atomic E-state index is 13.1. The Morgan fingerprint density at radius 1 is 0.875 bits per heavy atom. The normalized spacial score (nSPS) is 10.8. The third-order valence-corrected chi connectivity index (χ3v) is 3.85. The van der Waals surface area contributed by atoms with Crippen LogP contribution in [0.3, 0.4) is 0 Å². The van der Waals surface area contributed by atoms with Crippen molar-refractivity contribution in [3.8, 4) is 17.1 Å². The smallest absolute Gasteiger partial charge is 0.267 e. The zero-order valence-electron chi connectivity index (χ0n) is 12.8. The Bertz CT molecular complexity index is 1090. The van der Waals surface area contributed by atoms with Crippen LogP contribution in [0.15, 0.2) is 77.7 Å². The van der Waals surface area contributed by atoms with Gasteiger partial charge in [0, 0.05) is 11.8 Å². The van der Waals surface area contributed by atoms with Crippen molar-refractivity contribution in [2.24, 2.45) is 0 Å². The van der Waals surface area contributed by atoms with E-state index in [9.17, 15) is 4.79 Å². The number of anilines is 1. The van der Waals surface area contributed by atoms with Gasteiger partial charge < -0.3 is 5.73 Å². The van der Waals surface area contributed by atoms with Crippen LogP contribution in [0.5, 0.6) is 0 Å². The number of nitrogen functional groups attached to an aromatic ring is 1. The molecule has 24 heavy (non-hydrogen) atoms. The maximum Gasteiger partial charge on any atom is 0.267 e. The lowest BCUT2D eigenvalue weighted by Crippen LogP contribution is -2.23. The first-order chi connectivity index (χ1) is 11.8. The summed E-state index contributed by atoms with van der Waals surface area (Å²) in [4.78, 5) is 22.0. The SMILES string of the molecule is Nc1ccccc1-n1c(-c2ccccc2)nc2ncccc2c1=O. The standard InChI is InChI=1S/C19H14N4O/c20-15-10-4-5-11-16(15)23-18(13-7-2-1-3-8-13)22-17-14(19(23)24)9-6-12-21-17/h1-12H,20H2. The average molecular weight is 314 g/mol. The molecule has 2 heterocycles. The Balaban J connectivity index is 2.16. The molecule has 0 radical (unpaired) electrons. The fourth-order valence-corrected chi connectivity index (χ4v) is 2.72. The Hall–Kier alpha value is -3.47. The van der Waals surface area contributed by atoms with Crippen LogP contribution < -0.4 is 11.3 Å². The number of rotatable bonds is 2. The summed E-state index contributed by atoms with van der Waals surface area (Å²) in [7, 11) is 0. The second kappa shape index (κ2) is 5.62. The van der Waals surface area contributed by atoms with Gasteiger partial charge in [0.05, 0.1) is 16.8 Å². The Morgan fingerprint density at radius 2 is 1.62 bits per heavy atom. The van der Waals surface area contributed by atoms with Gasteiger partial charge in [-0.25, -0.2) is 9.97 Å². The summed E-state index contributed by atoms with van der Waals surface area (Å²) in [6, 6.07) is 20.3. The Morgan fingerprint density at radius 3 is 2.42 bits per heavy atom. The van der Waals surface area contributed by atoms with E-state index in [2.05, 4.69) is 9.97 Å². The first-order valence-electron chi connectivity index (χ1n) is 7.54. The summed E-state index contributed by atoms with van der Waals surface area (Å²) in [6.45, 7) is 0. The van der Waals surface area contributed by atoms with Crippen LogP contribution in [0, 0.1) is 0 Å². The number of nitrogens with zero attached hydrogens (tertiary/aromatic N) is 3. The molecule has 5 nitrogen and oxygen atoms in total. The summed E-state index contributed by atoms with van der Waals surface area (Å²) in [5, 5.41) is 0.459. The molecule has 0 aliphatic rings. The number of aromatic nitrogens is 3. The number of hydrogen-bond acceptors (Lipinski definition) is 4. The quantitative estimate of drug-likeness (QED) is 0.577. The molecule has 0 bridgehead atoms. The molecule has 0 fully saturated rings. The third-order valence-electron chi connectivity index (χ3n) is 3.85. The van der Waals surface area contributed by atoms with Crippen molar-refractivity contribution in [1.29, 1.82) is 0 Å². The summed E-state index contributed by atoms with van der Waals surface area (Å²) < 4.78 is 1.55. The molecule has 2 N–H and O–H groups in total. The average Bonchev–Trinajstić information content (AvgIpc) is 2.63. The third kappa shape index (κ3) is 2.23. The van der Waals surface area contributed by atoms with Crippen LogP contribution in [-0.2, 0) is 0 Å². The van der Waals surface area contributed by atoms with Gasteiger partial charge in [-0.2, -0.15) is 0 Å². The molecule has 116 valence electrons. The summed E-state index contributed by atoms with van der Waals surface area (Å²) in [5.41, 5.74) is 8.29. The van der Waals surface area contributed by atoms with Crippen LogP contribution in [0.25, 0.3) is 28.1 Å². The van der Waals surface area contributed by atoms with E-state index < -0.39 is 0 Å². The van der Waals surface area contributed by atoms with Crippen molar-refractivity contribution in [3.63, 3.8) is 0 Å². The minimum absolute atomic E-state index is 0.190. The highest BCUT2D eigenvalue weighted by atomic mass is 16.1. The van der Waals surface area contributed by atoms with Crippen LogP contribution >= 0.6 is 0 Å². The van der Waals surface area contributed by atoms with Gasteiger partial charge >= 0.3 is 0 Å². The minimum atomic E-state index is -0.190. The second-order valence-corrected chi connectivity index (χ2v) is 5.38. The van der Waals surface area contributed by atoms with Crippen molar-refractivity contribution < 1.29 is 0 Å². The zero-order valence-corrected chi connectivity index (χ0v) is 12.8. The van der Waals surface area contributed by atoms with E-state index in [0.29, 0.717) is 28.2 Å². The summed E-state index contributed by atoms with van der Waals surface area (Å²) in [6.07, 6.45) is 1.63. The number of benzene rings is 2. The summed E-state index contributed by atoms with van der Waals surface area (Å²) in [5.74, 6) is 0.518. The summed E-state index contributed by atoms with van der Waals surface area (Å²) >= 11 is 0. The molecule has 0 saturated heterocycles. The highest BCUT2D eigenvalue weighted by Gasteiger charge is 2.16. The highest BCUT2D eigenvalue weighted by Crippen LogP contribution is 2.24. The predicted molar refractivity (Wildman–Crippen MR) is 95.0 cm³/mol. The lowest BCUT2D eigenvalue weighted by molar-refractivity contribution is 0.971. The van der Waals surface area contributed by atoms with Crippen molar-refractivity contribution in [2.45, 2.75) is 0 Å². The van der Waals surface area contributed by atoms with E-state index in [-0.39, 0.29) is 5.56 Å². The predicted octanol–water partition coefficient (Wildman–Crippen LogP) is 3.03. The lowest BCUT2D eigenvalue weighted by atomic mass is 10.1. The van der Waals surface area contributed by atoms with E-state index in [1.165, 1.54) is 0 Å². The molecule has 4 rings (SSSR count). The monoisotopic (exact) mass is 314 g/mol. The molecule has 4 aromatic rings. The minimum Gasteiger partial charge on any atom is -0.397 e. The van der Waals surface area contributed by atoms with Crippen molar-refractivity contribution in [3.05, 3.63) is 83.3 Å². The molecule has 2 aromatic carbocycles. The van der Waals surface area contributed by atoms with Crippen molar-refractivity contribution >= 4 is 16.7 Å². The largest absolute Gasteiger partial charge is 0.397 e. The maximum atomic E-state index is 13.1. The van der Waals surface area contributed by atoms with Gasteiger partial charge in [0.2, 0.25) is 0 Å². The first kappa shape index (κ1) is 14.1. The van der Waals surface area contributed by atoms with Crippen LogP contribution in [0.4, 0.5) is 5.69 Å². The zero-order chi connectivity index (χ0) is 16.5. The fraction of sp³-hybridized carbons (Fsp3) is 0. The Kier molecular flexibility index (Phi) is 3.31. The van der Waals surface area contributed by atoms with Crippen LogP contribution in [-0.4, -0.2) is 14.5 Å². The van der Waals surface area contributed by atoms with Gasteiger partial charge in [-0.05, 0) is 24.3 Å². The van der Waals surface area contributed by atoms with Gasteiger partial charge in [-0.3, -0.25) is 9.36 Å². The molecule has 0 unspecified atom stereocenters. The molecule has 0 atom stereocenters. The van der Waals surface area contributed by atoms with E-state index in [1.807, 2.05) is 48.5 Å². The van der Waals surface area contributed by atoms with Gasteiger partial charge in [0.15, 0.2) is 5.65 Å². The molecule has 0 aliphatic carbocycles. The first-order valence-corrected chi connectivity index (χ1v) is 7.54. The van der Waals surface area contributed by atoms with Gasteiger partial charge in [0.25, 0.3) is 5.56 Å². The molecular weight excluding hydrogens is 300 g/mol. The number of hydrogen-bond donors (Lipinski definition) is 1. The van der Waals surface area contributed by atoms with Gasteiger partial charge in [-0.15, -0.1) is 0 Å². The number of fused-ring (bicyclic) bond motifs is 1. The van der Waals surface area contributed by atoms with E-state index in [4.69, 9.17) is 5.73 Å². The van der Waals surface area contributed by atoms with Gasteiger partial charge in [0.1, 0.15) is 5.82 Å². The molecule has 0 spiro atoms. The molecule has 2 aromatic heterocycles. The molecule has 5 heteroatoms. The fourth-order valence-electron chi connectivity index (χ4n) is 2.72. The molecule has 0 amide bonds. The molecule has 0 saturated carbocycles. The van der Waals surface area contributed by atoms with E-state index >= 15 is 0 Å². The Labute approximate surface area is 138 Å². The van der Waals surface area contributed by atoms with Crippen LogP contribution in [0.2, 0.25) is 0 Å². The highest BCUT2D eigenvalue weighted by molar-refractivity contribution is 5.78. The van der Waals surface area contributed by atoms with Crippen molar-refractivity contribution in [2.75, 3.05) is 5.73 Å². The van der Waals surface area contributed by atoms with Crippen molar-refractivity contribution in [1.82, 2.24) is 14.5 Å². The lowest BCUT2D eigenvalue weighted by Gasteiger charge is -2.15. The number of para-hydroxylation sites is 2. The second-order valence-electron chi connectivity index (χ2n) is 5.38. The topological polar surface area (TPSA) is 73.8 Å². The molecular formula is C19H14N4O. The molecule has 0 aliphatic heterocycles. The van der Waals surface area contributed by atoms with E-state index in [1.54, 1.807) is 29.0 Å². The number of nitrogens with two attached hydrogens (primary N) is 1. The van der Waals surface area contributed by atoms with Crippen LogP contribution in [0.1, 0.15) is 0 Å². The van der Waals surface area contributed by atoms with Gasteiger partial charge in [-0.1, -0.05) is 42.5 Å². The van der Waals surface area contributed by atoms with E-state index in [0.717, 1.165) is 5.56 Å².